The Balaban J connectivity index is 1.78. The Morgan fingerprint density at radius 1 is 0.633 bits per heavy atom. The van der Waals surface area contributed by atoms with Crippen molar-refractivity contribution >= 4 is 17.6 Å². The summed E-state index contributed by atoms with van der Waals surface area (Å²) >= 11 is 0. The number of nitrogens with one attached hydrogen (secondary N) is 1. The molecule has 0 unspecified atom stereocenters. The lowest BCUT2D eigenvalue weighted by atomic mass is 10.0. The predicted octanol–water partition coefficient (Wildman–Crippen LogP) is 4.50. The van der Waals surface area contributed by atoms with E-state index in [9.17, 15) is 14.4 Å². The highest BCUT2D eigenvalue weighted by molar-refractivity contribution is 6.09. The minimum atomic E-state index is -0.633. The van der Waals surface area contributed by atoms with Gasteiger partial charge in [0.25, 0.3) is 11.8 Å². The summed E-state index contributed by atoms with van der Waals surface area (Å²) in [5.41, 5.74) is 3.99. The van der Waals surface area contributed by atoms with Gasteiger partial charge in [0.05, 0.1) is 5.54 Å². The molecule has 0 aliphatic carbocycles. The Labute approximate surface area is 176 Å². The number of carbonyl (C=O) groups is 3. The van der Waals surface area contributed by atoms with Crippen LogP contribution in [0, 0.1) is 0 Å². The van der Waals surface area contributed by atoms with Crippen LogP contribution in [0.15, 0.2) is 84.9 Å². The van der Waals surface area contributed by atoms with Gasteiger partial charge in [-0.2, -0.15) is 0 Å². The van der Waals surface area contributed by atoms with Gasteiger partial charge in [0.2, 0.25) is 0 Å². The molecule has 0 aliphatic rings. The predicted molar refractivity (Wildman–Crippen MR) is 116 cm³/mol. The molecule has 0 radical (unpaired) electrons. The fourth-order valence-corrected chi connectivity index (χ4v) is 2.93. The lowest BCUT2D eigenvalue weighted by Crippen LogP contribution is -2.55. The summed E-state index contributed by atoms with van der Waals surface area (Å²) in [6.07, 6.45) is 0. The summed E-state index contributed by atoms with van der Waals surface area (Å²) < 4.78 is 0. The fourth-order valence-electron chi connectivity index (χ4n) is 2.93. The van der Waals surface area contributed by atoms with Crippen molar-refractivity contribution in [3.63, 3.8) is 0 Å². The number of nitrogens with zero attached hydrogens (tertiary/aromatic N) is 1. The van der Waals surface area contributed by atoms with Crippen LogP contribution < -0.4 is 5.43 Å². The maximum absolute atomic E-state index is 12.9. The maximum Gasteiger partial charge on any atom is 0.272 e. The largest absolute Gasteiger partial charge is 0.289 e. The van der Waals surface area contributed by atoms with Crippen LogP contribution in [0.25, 0.3) is 0 Å². The molecule has 5 heteroatoms. The third kappa shape index (κ3) is 4.81. The molecule has 2 amide bonds. The van der Waals surface area contributed by atoms with E-state index in [1.165, 1.54) is 5.01 Å². The van der Waals surface area contributed by atoms with Crippen LogP contribution in [0.4, 0.5) is 0 Å². The van der Waals surface area contributed by atoms with Crippen molar-refractivity contribution in [2.45, 2.75) is 26.3 Å². The van der Waals surface area contributed by atoms with Gasteiger partial charge >= 0.3 is 0 Å². The van der Waals surface area contributed by atoms with Crippen molar-refractivity contribution in [1.29, 1.82) is 0 Å². The number of benzene rings is 3. The van der Waals surface area contributed by atoms with Crippen molar-refractivity contribution in [2.75, 3.05) is 0 Å². The Bertz CT molecular complexity index is 1040. The van der Waals surface area contributed by atoms with Crippen LogP contribution >= 0.6 is 0 Å². The van der Waals surface area contributed by atoms with Gasteiger partial charge in [0.15, 0.2) is 5.78 Å². The van der Waals surface area contributed by atoms with E-state index in [-0.39, 0.29) is 11.7 Å². The monoisotopic (exact) mass is 400 g/mol. The summed E-state index contributed by atoms with van der Waals surface area (Å²) in [5, 5.41) is 1.33. The van der Waals surface area contributed by atoms with Crippen LogP contribution in [-0.4, -0.2) is 28.1 Å². The minimum Gasteiger partial charge on any atom is -0.289 e. The Hall–Kier alpha value is -3.73. The second kappa shape index (κ2) is 8.74. The molecule has 0 bridgehead atoms. The number of hydrogen-bond acceptors (Lipinski definition) is 3. The highest BCUT2D eigenvalue weighted by atomic mass is 16.2. The molecule has 5 nitrogen and oxygen atoms in total. The molecule has 3 aromatic carbocycles. The van der Waals surface area contributed by atoms with Crippen LogP contribution in [0.2, 0.25) is 0 Å². The zero-order chi connectivity index (χ0) is 21.7. The first-order valence-corrected chi connectivity index (χ1v) is 9.68. The third-order valence-corrected chi connectivity index (χ3v) is 4.55. The zero-order valence-corrected chi connectivity index (χ0v) is 17.3. The molecule has 0 aromatic heterocycles. The molecule has 0 fully saturated rings. The molecule has 0 atom stereocenters. The molecule has 0 aliphatic heterocycles. The molecule has 0 saturated heterocycles. The summed E-state index contributed by atoms with van der Waals surface area (Å²) in [5.74, 6) is -0.835. The SMILES string of the molecule is CC(C)(C)N(NC(=O)c1ccc(C(=O)c2ccccc2)cc1)C(=O)c1ccccc1. The topological polar surface area (TPSA) is 66.5 Å². The quantitative estimate of drug-likeness (QED) is 0.518. The van der Waals surface area contributed by atoms with E-state index in [1.807, 2.05) is 32.9 Å². The maximum atomic E-state index is 12.9. The van der Waals surface area contributed by atoms with E-state index in [0.29, 0.717) is 22.3 Å². The Kier molecular flexibility index (Phi) is 6.11. The normalized spacial score (nSPS) is 10.9. The standard InChI is InChI=1S/C25H24N2O3/c1-25(2,3)27(24(30)21-12-8-5-9-13-21)26-23(29)20-16-14-19(15-17-20)22(28)18-10-6-4-7-11-18/h4-17H,1-3H3,(H,26,29). The molecule has 152 valence electrons. The number of hydrogen-bond donors (Lipinski definition) is 1. The first-order valence-electron chi connectivity index (χ1n) is 9.68. The molecular weight excluding hydrogens is 376 g/mol. The van der Waals surface area contributed by atoms with Crippen LogP contribution in [-0.2, 0) is 0 Å². The third-order valence-electron chi connectivity index (χ3n) is 4.55. The summed E-state index contributed by atoms with van der Waals surface area (Å²) in [7, 11) is 0. The Morgan fingerprint density at radius 2 is 1.07 bits per heavy atom. The van der Waals surface area contributed by atoms with E-state index in [0.717, 1.165) is 0 Å². The number of hydrazine groups is 1. The molecule has 0 spiro atoms. The summed E-state index contributed by atoms with van der Waals surface area (Å²) in [4.78, 5) is 38.3. The molecule has 0 saturated carbocycles. The number of amides is 2. The van der Waals surface area contributed by atoms with Crippen molar-refractivity contribution < 1.29 is 14.4 Å². The second-order valence-corrected chi connectivity index (χ2v) is 7.89. The van der Waals surface area contributed by atoms with Crippen molar-refractivity contribution in [1.82, 2.24) is 10.4 Å². The van der Waals surface area contributed by atoms with Crippen LogP contribution in [0.3, 0.4) is 0 Å². The molecule has 1 N–H and O–H groups in total. The summed E-state index contributed by atoms with van der Waals surface area (Å²) in [6.45, 7) is 5.53. The van der Waals surface area contributed by atoms with Gasteiger partial charge in [-0.3, -0.25) is 19.8 Å². The number of ketones is 1. The van der Waals surface area contributed by atoms with E-state index in [1.54, 1.807) is 72.8 Å². The van der Waals surface area contributed by atoms with Gasteiger partial charge in [-0.05, 0) is 45.0 Å². The number of carbonyl (C=O) groups excluding carboxylic acids is 3. The smallest absolute Gasteiger partial charge is 0.272 e. The first-order chi connectivity index (χ1) is 14.3. The molecule has 0 heterocycles. The molecule has 3 aromatic rings. The summed E-state index contributed by atoms with van der Waals surface area (Å²) in [6, 6.07) is 24.1. The van der Waals surface area contributed by atoms with Gasteiger partial charge in [-0.1, -0.05) is 60.7 Å². The van der Waals surface area contributed by atoms with Gasteiger partial charge in [0.1, 0.15) is 0 Å². The second-order valence-electron chi connectivity index (χ2n) is 7.89. The van der Waals surface area contributed by atoms with Crippen molar-refractivity contribution in [2.24, 2.45) is 0 Å². The van der Waals surface area contributed by atoms with Crippen molar-refractivity contribution in [3.05, 3.63) is 107 Å². The van der Waals surface area contributed by atoms with E-state index in [4.69, 9.17) is 0 Å². The zero-order valence-electron chi connectivity index (χ0n) is 17.3. The molecular formula is C25H24N2O3. The minimum absolute atomic E-state index is 0.113. The average molecular weight is 400 g/mol. The van der Waals surface area contributed by atoms with Gasteiger partial charge in [-0.15, -0.1) is 0 Å². The first kappa shape index (κ1) is 21.0. The van der Waals surface area contributed by atoms with Gasteiger partial charge < -0.3 is 0 Å². The molecule has 3 rings (SSSR count). The molecule has 30 heavy (non-hydrogen) atoms. The fraction of sp³-hybridized carbons (Fsp3) is 0.160. The lowest BCUT2D eigenvalue weighted by Gasteiger charge is -2.35. The van der Waals surface area contributed by atoms with E-state index >= 15 is 0 Å². The van der Waals surface area contributed by atoms with E-state index in [2.05, 4.69) is 5.43 Å². The van der Waals surface area contributed by atoms with Gasteiger partial charge in [0, 0.05) is 22.3 Å². The highest BCUT2D eigenvalue weighted by Gasteiger charge is 2.29. The van der Waals surface area contributed by atoms with Crippen molar-refractivity contribution in [3.8, 4) is 0 Å². The van der Waals surface area contributed by atoms with Crippen LogP contribution in [0.5, 0.6) is 0 Å². The highest BCUT2D eigenvalue weighted by Crippen LogP contribution is 2.16. The average Bonchev–Trinajstić information content (AvgIpc) is 2.77. The van der Waals surface area contributed by atoms with Crippen LogP contribution in [0.1, 0.15) is 57.4 Å². The Morgan fingerprint density at radius 3 is 1.57 bits per heavy atom. The van der Waals surface area contributed by atoms with Gasteiger partial charge in [-0.25, -0.2) is 5.01 Å². The van der Waals surface area contributed by atoms with E-state index < -0.39 is 11.4 Å². The number of rotatable bonds is 4. The lowest BCUT2D eigenvalue weighted by molar-refractivity contribution is 0.0358.